The Hall–Kier alpha value is -1.01. The van der Waals surface area contributed by atoms with Gasteiger partial charge in [-0.3, -0.25) is 4.79 Å². The summed E-state index contributed by atoms with van der Waals surface area (Å²) in [5.41, 5.74) is 5.56. The summed E-state index contributed by atoms with van der Waals surface area (Å²) in [5, 5.41) is 2.76. The first kappa shape index (κ1) is 13.0. The van der Waals surface area contributed by atoms with E-state index < -0.39 is 6.04 Å². The van der Waals surface area contributed by atoms with Crippen LogP contribution in [0.5, 0.6) is 0 Å². The molecule has 0 fully saturated rings. The molecule has 0 bridgehead atoms. The van der Waals surface area contributed by atoms with Crippen LogP contribution in [0.4, 0.5) is 0 Å². The van der Waals surface area contributed by atoms with E-state index in [0.717, 1.165) is 6.42 Å². The van der Waals surface area contributed by atoms with Crippen molar-refractivity contribution in [3.8, 4) is 12.3 Å². The molecule has 3 heteroatoms. The minimum Gasteiger partial charge on any atom is -0.355 e. The fourth-order valence-electron chi connectivity index (χ4n) is 0.905. The standard InChI is InChI=1S/C11H20N2O/c1-5-6-7-8-13-10(14)9(12)11(2,3)4/h1,9H,6-8,12H2,2-4H3,(H,13,14)/t9-/m1/s1. The zero-order valence-corrected chi connectivity index (χ0v) is 9.26. The molecule has 0 aromatic rings. The van der Waals surface area contributed by atoms with Crippen LogP contribution in [0.2, 0.25) is 0 Å². The molecule has 1 amide bonds. The highest BCUT2D eigenvalue weighted by Gasteiger charge is 2.26. The number of terminal acetylenes is 1. The van der Waals surface area contributed by atoms with Gasteiger partial charge in [0.2, 0.25) is 5.91 Å². The molecule has 0 unspecified atom stereocenters. The van der Waals surface area contributed by atoms with E-state index in [1.54, 1.807) is 0 Å². The molecule has 0 radical (unpaired) electrons. The summed E-state index contributed by atoms with van der Waals surface area (Å²) < 4.78 is 0. The van der Waals surface area contributed by atoms with Crippen LogP contribution in [-0.4, -0.2) is 18.5 Å². The molecular weight excluding hydrogens is 176 g/mol. The minimum atomic E-state index is -0.465. The number of carbonyl (C=O) groups is 1. The lowest BCUT2D eigenvalue weighted by Gasteiger charge is -2.25. The summed E-state index contributed by atoms with van der Waals surface area (Å²) in [6.07, 6.45) is 6.58. The second kappa shape index (κ2) is 5.66. The van der Waals surface area contributed by atoms with Crippen LogP contribution in [0.15, 0.2) is 0 Å². The van der Waals surface area contributed by atoms with Crippen LogP contribution < -0.4 is 11.1 Å². The van der Waals surface area contributed by atoms with Crippen LogP contribution in [-0.2, 0) is 4.79 Å². The number of hydrogen-bond donors (Lipinski definition) is 2. The van der Waals surface area contributed by atoms with Gasteiger partial charge in [0, 0.05) is 13.0 Å². The Kier molecular flexibility index (Phi) is 5.26. The monoisotopic (exact) mass is 196 g/mol. The average molecular weight is 196 g/mol. The highest BCUT2D eigenvalue weighted by molar-refractivity contribution is 5.82. The van der Waals surface area contributed by atoms with Crippen molar-refractivity contribution >= 4 is 5.91 Å². The first-order valence-electron chi connectivity index (χ1n) is 4.86. The van der Waals surface area contributed by atoms with E-state index in [2.05, 4.69) is 11.2 Å². The predicted octanol–water partition coefficient (Wildman–Crippen LogP) is 0.889. The molecule has 0 aliphatic carbocycles. The minimum absolute atomic E-state index is 0.102. The van der Waals surface area contributed by atoms with Crippen LogP contribution in [0, 0.1) is 17.8 Å². The second-order valence-electron chi connectivity index (χ2n) is 4.44. The molecule has 0 aliphatic rings. The van der Waals surface area contributed by atoms with E-state index in [-0.39, 0.29) is 11.3 Å². The number of unbranched alkanes of at least 4 members (excludes halogenated alkanes) is 1. The summed E-state index contributed by atoms with van der Waals surface area (Å²) in [6.45, 7) is 6.43. The smallest absolute Gasteiger partial charge is 0.237 e. The maximum Gasteiger partial charge on any atom is 0.237 e. The van der Waals surface area contributed by atoms with Crippen LogP contribution in [0.1, 0.15) is 33.6 Å². The molecule has 80 valence electrons. The maximum absolute atomic E-state index is 11.5. The highest BCUT2D eigenvalue weighted by Crippen LogP contribution is 2.16. The summed E-state index contributed by atoms with van der Waals surface area (Å²) in [7, 11) is 0. The van der Waals surface area contributed by atoms with E-state index >= 15 is 0 Å². The largest absolute Gasteiger partial charge is 0.355 e. The number of nitrogens with two attached hydrogens (primary N) is 1. The number of nitrogens with one attached hydrogen (secondary N) is 1. The molecule has 0 heterocycles. The number of amides is 1. The van der Waals surface area contributed by atoms with Crippen molar-refractivity contribution in [1.29, 1.82) is 0 Å². The van der Waals surface area contributed by atoms with Crippen molar-refractivity contribution in [2.45, 2.75) is 39.7 Å². The lowest BCUT2D eigenvalue weighted by Crippen LogP contribution is -2.48. The number of hydrogen-bond acceptors (Lipinski definition) is 2. The molecule has 1 atom stereocenters. The predicted molar refractivity (Wildman–Crippen MR) is 58.5 cm³/mol. The fourth-order valence-corrected chi connectivity index (χ4v) is 0.905. The SMILES string of the molecule is C#CCCCNC(=O)[C@@H](N)C(C)(C)C. The van der Waals surface area contributed by atoms with Crippen molar-refractivity contribution < 1.29 is 4.79 Å². The molecular formula is C11H20N2O. The van der Waals surface area contributed by atoms with Crippen LogP contribution >= 0.6 is 0 Å². The van der Waals surface area contributed by atoms with E-state index in [1.165, 1.54) is 0 Å². The van der Waals surface area contributed by atoms with Gasteiger partial charge in [0.25, 0.3) is 0 Å². The van der Waals surface area contributed by atoms with E-state index in [9.17, 15) is 4.79 Å². The molecule has 0 aromatic heterocycles. The fraction of sp³-hybridized carbons (Fsp3) is 0.727. The summed E-state index contributed by atoms with van der Waals surface area (Å²) in [6, 6.07) is -0.465. The highest BCUT2D eigenvalue weighted by atomic mass is 16.2. The zero-order chi connectivity index (χ0) is 11.2. The molecule has 0 saturated carbocycles. The van der Waals surface area contributed by atoms with Crippen LogP contribution in [0.25, 0.3) is 0 Å². The number of carbonyl (C=O) groups excluding carboxylic acids is 1. The molecule has 0 saturated heterocycles. The van der Waals surface area contributed by atoms with Gasteiger partial charge in [0.15, 0.2) is 0 Å². The van der Waals surface area contributed by atoms with Crippen LogP contribution in [0.3, 0.4) is 0 Å². The lowest BCUT2D eigenvalue weighted by molar-refractivity contribution is -0.124. The second-order valence-corrected chi connectivity index (χ2v) is 4.44. The van der Waals surface area contributed by atoms with Gasteiger partial charge in [-0.2, -0.15) is 0 Å². The quantitative estimate of drug-likeness (QED) is 0.518. The van der Waals surface area contributed by atoms with Crippen molar-refractivity contribution in [3.63, 3.8) is 0 Å². The molecule has 0 rings (SSSR count). The average Bonchev–Trinajstić information content (AvgIpc) is 2.09. The molecule has 0 aromatic carbocycles. The molecule has 0 aliphatic heterocycles. The van der Waals surface area contributed by atoms with Gasteiger partial charge in [-0.05, 0) is 11.8 Å². The third-order valence-electron chi connectivity index (χ3n) is 2.01. The van der Waals surface area contributed by atoms with Gasteiger partial charge in [-0.1, -0.05) is 20.8 Å². The molecule has 0 spiro atoms. The van der Waals surface area contributed by atoms with Crippen molar-refractivity contribution in [2.24, 2.45) is 11.1 Å². The Balaban J connectivity index is 3.81. The Morgan fingerprint density at radius 2 is 2.14 bits per heavy atom. The summed E-state index contributed by atoms with van der Waals surface area (Å²) in [4.78, 5) is 11.5. The van der Waals surface area contributed by atoms with Gasteiger partial charge in [0.1, 0.15) is 0 Å². The Labute approximate surface area is 86.4 Å². The van der Waals surface area contributed by atoms with Gasteiger partial charge in [-0.25, -0.2) is 0 Å². The molecule has 3 nitrogen and oxygen atoms in total. The topological polar surface area (TPSA) is 55.1 Å². The summed E-state index contributed by atoms with van der Waals surface area (Å²) in [5.74, 6) is 2.42. The van der Waals surface area contributed by atoms with Crippen molar-refractivity contribution in [2.75, 3.05) is 6.54 Å². The first-order chi connectivity index (χ1) is 6.39. The molecule has 14 heavy (non-hydrogen) atoms. The summed E-state index contributed by atoms with van der Waals surface area (Å²) >= 11 is 0. The normalized spacial score (nSPS) is 13.1. The zero-order valence-electron chi connectivity index (χ0n) is 9.26. The number of rotatable bonds is 4. The van der Waals surface area contributed by atoms with Gasteiger partial charge in [0.05, 0.1) is 6.04 Å². The van der Waals surface area contributed by atoms with E-state index in [1.807, 2.05) is 20.8 Å². The first-order valence-corrected chi connectivity index (χ1v) is 4.86. The Morgan fingerprint density at radius 3 is 2.57 bits per heavy atom. The molecule has 3 N–H and O–H groups in total. The maximum atomic E-state index is 11.5. The van der Waals surface area contributed by atoms with Crippen molar-refractivity contribution in [1.82, 2.24) is 5.32 Å². The Morgan fingerprint density at radius 1 is 1.57 bits per heavy atom. The third-order valence-corrected chi connectivity index (χ3v) is 2.01. The van der Waals surface area contributed by atoms with Gasteiger partial charge < -0.3 is 11.1 Å². The van der Waals surface area contributed by atoms with E-state index in [0.29, 0.717) is 13.0 Å². The lowest BCUT2D eigenvalue weighted by atomic mass is 9.87. The van der Waals surface area contributed by atoms with Crippen molar-refractivity contribution in [3.05, 3.63) is 0 Å². The van der Waals surface area contributed by atoms with E-state index in [4.69, 9.17) is 12.2 Å². The van der Waals surface area contributed by atoms with Gasteiger partial charge >= 0.3 is 0 Å². The third kappa shape index (κ3) is 4.88. The van der Waals surface area contributed by atoms with Gasteiger partial charge in [-0.15, -0.1) is 12.3 Å². The Bertz CT molecular complexity index is 222.